The molecular weight excluding hydrogens is 360 g/mol. The van der Waals surface area contributed by atoms with Crippen LogP contribution >= 0.6 is 15.9 Å². The van der Waals surface area contributed by atoms with Crippen LogP contribution in [0.5, 0.6) is 17.2 Å². The first kappa shape index (κ1) is 17.1. The largest absolute Gasteiger partial charge is 0.504 e. The molecule has 0 atom stereocenters. The number of hydrogen-bond acceptors (Lipinski definition) is 4. The molecule has 0 heterocycles. The average molecular weight is 377 g/mol. The van der Waals surface area contributed by atoms with Gasteiger partial charge in [0.1, 0.15) is 5.75 Å². The van der Waals surface area contributed by atoms with Crippen LogP contribution in [0, 0.1) is 0 Å². The van der Waals surface area contributed by atoms with E-state index in [0.29, 0.717) is 28.1 Å². The van der Waals surface area contributed by atoms with Crippen molar-refractivity contribution in [2.75, 3.05) is 13.7 Å². The average Bonchev–Trinajstić information content (AvgIpc) is 2.54. The molecule has 5 heteroatoms. The summed E-state index contributed by atoms with van der Waals surface area (Å²) in [6, 6.07) is 10.2. The topological polar surface area (TPSA) is 55.8 Å². The van der Waals surface area contributed by atoms with Gasteiger partial charge >= 0.3 is 0 Å². The molecule has 0 aliphatic heterocycles. The van der Waals surface area contributed by atoms with Crippen molar-refractivity contribution in [2.24, 2.45) is 0 Å². The SMILES string of the molecule is CCOc1cccc(C(=O)C=Cc2cc(OC)c(O)cc2Br)c1. The van der Waals surface area contributed by atoms with Gasteiger partial charge in [0, 0.05) is 10.0 Å². The molecule has 0 bridgehead atoms. The lowest BCUT2D eigenvalue weighted by Gasteiger charge is -2.06. The Hall–Kier alpha value is -2.27. The summed E-state index contributed by atoms with van der Waals surface area (Å²) in [5.41, 5.74) is 1.28. The van der Waals surface area contributed by atoms with Crippen molar-refractivity contribution in [2.45, 2.75) is 6.92 Å². The molecule has 0 saturated carbocycles. The fourth-order valence-corrected chi connectivity index (χ4v) is 2.48. The van der Waals surface area contributed by atoms with E-state index in [2.05, 4.69) is 15.9 Å². The third-order valence-electron chi connectivity index (χ3n) is 3.14. The number of carbonyl (C=O) groups is 1. The predicted molar refractivity (Wildman–Crippen MR) is 93.3 cm³/mol. The Morgan fingerprint density at radius 1 is 1.30 bits per heavy atom. The Labute approximate surface area is 143 Å². The number of ketones is 1. The van der Waals surface area contributed by atoms with Crippen LogP contribution in [0.1, 0.15) is 22.8 Å². The molecule has 0 spiro atoms. The molecule has 0 aliphatic rings. The Bertz CT molecular complexity index is 738. The quantitative estimate of drug-likeness (QED) is 0.597. The minimum absolute atomic E-state index is 0.0345. The highest BCUT2D eigenvalue weighted by atomic mass is 79.9. The molecular formula is C18H17BrO4. The first-order chi connectivity index (χ1) is 11.0. The fourth-order valence-electron chi connectivity index (χ4n) is 2.02. The second-order valence-electron chi connectivity index (χ2n) is 4.70. The Kier molecular flexibility index (Phi) is 5.82. The van der Waals surface area contributed by atoms with E-state index in [1.165, 1.54) is 19.3 Å². The highest BCUT2D eigenvalue weighted by molar-refractivity contribution is 9.10. The maximum absolute atomic E-state index is 12.3. The van der Waals surface area contributed by atoms with Crippen molar-refractivity contribution < 1.29 is 19.4 Å². The van der Waals surface area contributed by atoms with Gasteiger partial charge in [-0.2, -0.15) is 0 Å². The molecule has 0 fully saturated rings. The number of carbonyl (C=O) groups excluding carboxylic acids is 1. The van der Waals surface area contributed by atoms with Crippen molar-refractivity contribution >= 4 is 27.8 Å². The molecule has 0 unspecified atom stereocenters. The molecule has 120 valence electrons. The number of halogens is 1. The molecule has 2 aromatic rings. The second kappa shape index (κ2) is 7.83. The van der Waals surface area contributed by atoms with E-state index in [1.807, 2.05) is 13.0 Å². The summed E-state index contributed by atoms with van der Waals surface area (Å²) in [6.07, 6.45) is 3.14. The highest BCUT2D eigenvalue weighted by Crippen LogP contribution is 2.33. The van der Waals surface area contributed by atoms with Crippen LogP contribution in [0.4, 0.5) is 0 Å². The number of ether oxygens (including phenoxy) is 2. The van der Waals surface area contributed by atoms with E-state index in [4.69, 9.17) is 9.47 Å². The Morgan fingerprint density at radius 2 is 2.09 bits per heavy atom. The minimum Gasteiger partial charge on any atom is -0.504 e. The summed E-state index contributed by atoms with van der Waals surface area (Å²) in [5.74, 6) is 0.913. The first-order valence-corrected chi connectivity index (χ1v) is 7.86. The van der Waals surface area contributed by atoms with Gasteiger partial charge in [0.05, 0.1) is 13.7 Å². The Balaban J connectivity index is 2.23. The molecule has 0 amide bonds. The molecule has 0 aromatic heterocycles. The lowest BCUT2D eigenvalue weighted by atomic mass is 10.1. The number of benzene rings is 2. The van der Waals surface area contributed by atoms with E-state index >= 15 is 0 Å². The smallest absolute Gasteiger partial charge is 0.185 e. The molecule has 23 heavy (non-hydrogen) atoms. The number of allylic oxidation sites excluding steroid dienone is 1. The van der Waals surface area contributed by atoms with E-state index in [1.54, 1.807) is 30.3 Å². The summed E-state index contributed by atoms with van der Waals surface area (Å²) in [5, 5.41) is 9.69. The van der Waals surface area contributed by atoms with Crippen LogP contribution in [-0.2, 0) is 0 Å². The maximum atomic E-state index is 12.3. The zero-order valence-corrected chi connectivity index (χ0v) is 14.5. The highest BCUT2D eigenvalue weighted by Gasteiger charge is 2.08. The summed E-state index contributed by atoms with van der Waals surface area (Å²) in [6.45, 7) is 2.44. The number of hydrogen-bond donors (Lipinski definition) is 1. The third-order valence-corrected chi connectivity index (χ3v) is 3.83. The zero-order valence-electron chi connectivity index (χ0n) is 12.9. The van der Waals surface area contributed by atoms with Crippen molar-refractivity contribution in [3.05, 3.63) is 58.1 Å². The predicted octanol–water partition coefficient (Wildman–Crippen LogP) is 4.46. The lowest BCUT2D eigenvalue weighted by molar-refractivity contribution is 0.104. The molecule has 1 N–H and O–H groups in total. The molecule has 2 aromatic carbocycles. The van der Waals surface area contributed by atoms with Crippen LogP contribution in [0.25, 0.3) is 6.08 Å². The van der Waals surface area contributed by atoms with Crippen molar-refractivity contribution in [1.82, 2.24) is 0 Å². The maximum Gasteiger partial charge on any atom is 0.185 e. The first-order valence-electron chi connectivity index (χ1n) is 7.07. The molecule has 0 radical (unpaired) electrons. The molecule has 2 rings (SSSR count). The van der Waals surface area contributed by atoms with Crippen LogP contribution < -0.4 is 9.47 Å². The van der Waals surface area contributed by atoms with Gasteiger partial charge in [-0.05, 0) is 48.9 Å². The van der Waals surface area contributed by atoms with E-state index in [-0.39, 0.29) is 11.5 Å². The van der Waals surface area contributed by atoms with Gasteiger partial charge in [0.15, 0.2) is 17.3 Å². The number of methoxy groups -OCH3 is 1. The number of phenolic OH excluding ortho intramolecular Hbond substituents is 1. The van der Waals surface area contributed by atoms with Crippen LogP contribution in [0.15, 0.2) is 46.9 Å². The number of rotatable bonds is 6. The van der Waals surface area contributed by atoms with Gasteiger partial charge in [-0.15, -0.1) is 0 Å². The summed E-state index contributed by atoms with van der Waals surface area (Å²) >= 11 is 3.35. The summed E-state index contributed by atoms with van der Waals surface area (Å²) in [7, 11) is 1.47. The van der Waals surface area contributed by atoms with Crippen molar-refractivity contribution in [3.63, 3.8) is 0 Å². The Morgan fingerprint density at radius 3 is 2.78 bits per heavy atom. The van der Waals surface area contributed by atoms with E-state index in [0.717, 1.165) is 5.56 Å². The number of phenols is 1. The molecule has 0 aliphatic carbocycles. The van der Waals surface area contributed by atoms with Gasteiger partial charge in [-0.1, -0.05) is 28.1 Å². The monoisotopic (exact) mass is 376 g/mol. The van der Waals surface area contributed by atoms with E-state index < -0.39 is 0 Å². The van der Waals surface area contributed by atoms with Crippen LogP contribution in [0.2, 0.25) is 0 Å². The van der Waals surface area contributed by atoms with Gasteiger partial charge in [0.2, 0.25) is 0 Å². The van der Waals surface area contributed by atoms with Gasteiger partial charge in [-0.25, -0.2) is 0 Å². The zero-order chi connectivity index (χ0) is 16.8. The second-order valence-corrected chi connectivity index (χ2v) is 5.56. The van der Waals surface area contributed by atoms with Crippen molar-refractivity contribution in [3.8, 4) is 17.2 Å². The summed E-state index contributed by atoms with van der Waals surface area (Å²) < 4.78 is 11.1. The minimum atomic E-state index is -0.134. The van der Waals surface area contributed by atoms with Gasteiger partial charge in [-0.3, -0.25) is 4.79 Å². The number of aromatic hydroxyl groups is 1. The molecule has 0 saturated heterocycles. The normalized spacial score (nSPS) is 10.7. The lowest BCUT2D eigenvalue weighted by Crippen LogP contribution is -1.97. The van der Waals surface area contributed by atoms with E-state index in [9.17, 15) is 9.90 Å². The fraction of sp³-hybridized carbons (Fsp3) is 0.167. The van der Waals surface area contributed by atoms with Gasteiger partial charge < -0.3 is 14.6 Å². The summed E-state index contributed by atoms with van der Waals surface area (Å²) in [4.78, 5) is 12.3. The van der Waals surface area contributed by atoms with Crippen molar-refractivity contribution in [1.29, 1.82) is 0 Å². The van der Waals surface area contributed by atoms with Crippen LogP contribution in [0.3, 0.4) is 0 Å². The third kappa shape index (κ3) is 4.36. The molecule has 4 nitrogen and oxygen atoms in total. The standard InChI is InChI=1S/C18H17BrO4/c1-3-23-14-6-4-5-13(9-14)16(20)8-7-12-10-18(22-2)17(21)11-15(12)19/h4-11,21H,3H2,1-2H3. The van der Waals surface area contributed by atoms with Crippen LogP contribution in [-0.4, -0.2) is 24.6 Å². The van der Waals surface area contributed by atoms with Gasteiger partial charge in [0.25, 0.3) is 0 Å².